The van der Waals surface area contributed by atoms with Crippen molar-refractivity contribution in [3.05, 3.63) is 18.1 Å². The molecule has 0 atom stereocenters. The maximum absolute atomic E-state index is 6.99. The number of hydrogen-bond acceptors (Lipinski definition) is 3. The minimum atomic E-state index is 0.603. The maximum atomic E-state index is 6.99. The zero-order valence-corrected chi connectivity index (χ0v) is 7.25. The molecule has 0 aromatic heterocycles. The van der Waals surface area contributed by atoms with E-state index in [0.717, 1.165) is 19.4 Å². The highest BCUT2D eigenvalue weighted by molar-refractivity contribution is 5.75. The summed E-state index contributed by atoms with van der Waals surface area (Å²) in [6.07, 6.45) is 7.75. The molecule has 1 N–H and O–H groups in total. The second kappa shape index (κ2) is 4.52. The lowest BCUT2D eigenvalue weighted by molar-refractivity contribution is 0.448. The number of allylic oxidation sites excluding steroid dienone is 1. The van der Waals surface area contributed by atoms with Crippen LogP contribution in [0.1, 0.15) is 19.8 Å². The average Bonchev–Trinajstić information content (AvgIpc) is 2.15. The Labute approximate surface area is 72.6 Å². The van der Waals surface area contributed by atoms with Gasteiger partial charge in [-0.25, -0.2) is 4.99 Å². The predicted octanol–water partition coefficient (Wildman–Crippen LogP) is 1.78. The first-order chi connectivity index (χ1) is 5.88. The van der Waals surface area contributed by atoms with Crippen molar-refractivity contribution < 1.29 is 0 Å². The summed E-state index contributed by atoms with van der Waals surface area (Å²) in [6, 6.07) is 0. The van der Waals surface area contributed by atoms with Gasteiger partial charge in [0.15, 0.2) is 5.82 Å². The van der Waals surface area contributed by atoms with E-state index in [1.807, 2.05) is 17.2 Å². The fraction of sp³-hybridized carbons (Fsp3) is 0.444. The molecule has 0 aliphatic carbocycles. The number of unbranched alkanes of at least 4 members (excludes halogenated alkanes) is 1. The fourth-order valence-electron chi connectivity index (χ4n) is 1.01. The van der Waals surface area contributed by atoms with Crippen LogP contribution in [0, 0.1) is 5.41 Å². The molecule has 0 bridgehead atoms. The van der Waals surface area contributed by atoms with Crippen LogP contribution in [0.2, 0.25) is 0 Å². The quantitative estimate of drug-likeness (QED) is 0.633. The van der Waals surface area contributed by atoms with Gasteiger partial charge in [0.05, 0.1) is 0 Å². The number of hydrogen-bond donors (Lipinski definition) is 1. The van der Waals surface area contributed by atoms with Gasteiger partial charge in [-0.3, -0.25) is 5.41 Å². The molecule has 3 heteroatoms. The molecule has 0 radical (unpaired) electrons. The zero-order chi connectivity index (χ0) is 8.81. The second-order valence-corrected chi connectivity index (χ2v) is 2.62. The third-order valence-electron chi connectivity index (χ3n) is 1.69. The van der Waals surface area contributed by atoms with Crippen LogP contribution < -0.4 is 0 Å². The Morgan fingerprint density at radius 2 is 2.50 bits per heavy atom. The Morgan fingerprint density at radius 3 is 3.17 bits per heavy atom. The molecule has 12 heavy (non-hydrogen) atoms. The number of nitrogens with zero attached hydrogens (tertiary/aromatic N) is 2. The highest BCUT2D eigenvalue weighted by Gasteiger charge is 2.05. The van der Waals surface area contributed by atoms with Gasteiger partial charge in [-0.2, -0.15) is 0 Å². The van der Waals surface area contributed by atoms with E-state index in [2.05, 4.69) is 17.8 Å². The highest BCUT2D eigenvalue weighted by Crippen LogP contribution is 2.08. The summed E-state index contributed by atoms with van der Waals surface area (Å²) < 4.78 is 0. The lowest BCUT2D eigenvalue weighted by Crippen LogP contribution is -2.19. The largest absolute Gasteiger partial charge is 0.325 e. The van der Waals surface area contributed by atoms with Crippen LogP contribution >= 0.6 is 0 Å². The lowest BCUT2D eigenvalue weighted by atomic mass is 10.3. The van der Waals surface area contributed by atoms with E-state index in [1.54, 1.807) is 6.21 Å². The summed E-state index contributed by atoms with van der Waals surface area (Å²) >= 11 is 0. The topological polar surface area (TPSA) is 39.5 Å². The highest BCUT2D eigenvalue weighted by atomic mass is 15.2. The molecule has 0 spiro atoms. The monoisotopic (exact) mass is 163 g/mol. The molecule has 0 amide bonds. The molecular weight excluding hydrogens is 150 g/mol. The van der Waals surface area contributed by atoms with Crippen LogP contribution in [0.4, 0.5) is 0 Å². The van der Waals surface area contributed by atoms with Gasteiger partial charge in [-0.15, -0.1) is 0 Å². The average molecular weight is 163 g/mol. The van der Waals surface area contributed by atoms with Crippen LogP contribution in [0.5, 0.6) is 0 Å². The SMILES string of the molecule is CCCCN1C=CC=NC1=C=N. The molecular formula is C9H13N3. The Morgan fingerprint density at radius 1 is 1.67 bits per heavy atom. The minimum Gasteiger partial charge on any atom is -0.325 e. The molecule has 0 unspecified atom stereocenters. The number of aliphatic imine (C=N–C) groups is 1. The minimum absolute atomic E-state index is 0.603. The molecule has 1 aliphatic heterocycles. The van der Waals surface area contributed by atoms with Crippen molar-refractivity contribution in [2.45, 2.75) is 19.8 Å². The molecule has 1 rings (SSSR count). The van der Waals surface area contributed by atoms with E-state index >= 15 is 0 Å². The van der Waals surface area contributed by atoms with Gasteiger partial charge >= 0.3 is 0 Å². The molecule has 1 heterocycles. The Bertz CT molecular complexity index is 246. The van der Waals surface area contributed by atoms with E-state index in [1.165, 1.54) is 0 Å². The smallest absolute Gasteiger partial charge is 0.195 e. The van der Waals surface area contributed by atoms with Gasteiger partial charge in [0, 0.05) is 24.8 Å². The molecule has 0 saturated carbocycles. The number of nitrogens with one attached hydrogen (secondary N) is 1. The first-order valence-corrected chi connectivity index (χ1v) is 4.15. The van der Waals surface area contributed by atoms with Gasteiger partial charge in [-0.1, -0.05) is 13.3 Å². The molecule has 0 fully saturated rings. The van der Waals surface area contributed by atoms with Crippen molar-refractivity contribution in [2.24, 2.45) is 4.99 Å². The van der Waals surface area contributed by atoms with Crippen molar-refractivity contribution >= 4 is 12.1 Å². The summed E-state index contributed by atoms with van der Waals surface area (Å²) in [6.45, 7) is 3.07. The van der Waals surface area contributed by atoms with Gasteiger partial charge < -0.3 is 4.90 Å². The van der Waals surface area contributed by atoms with E-state index in [4.69, 9.17) is 5.41 Å². The standard InChI is InChI=1S/C9H13N3/c1-2-3-6-12-7-4-5-11-9(12)8-10/h4-5,7,10H,2-3,6H2,1H3. The predicted molar refractivity (Wildman–Crippen MR) is 50.5 cm³/mol. The van der Waals surface area contributed by atoms with Crippen LogP contribution in [0.25, 0.3) is 0 Å². The van der Waals surface area contributed by atoms with Gasteiger partial charge in [0.2, 0.25) is 0 Å². The Hall–Kier alpha value is -1.34. The van der Waals surface area contributed by atoms with Gasteiger partial charge in [0.1, 0.15) is 0 Å². The van der Waals surface area contributed by atoms with Crippen LogP contribution in [0.15, 0.2) is 23.1 Å². The van der Waals surface area contributed by atoms with E-state index in [0.29, 0.717) is 5.82 Å². The second-order valence-electron chi connectivity index (χ2n) is 2.62. The van der Waals surface area contributed by atoms with E-state index in [-0.39, 0.29) is 0 Å². The maximum Gasteiger partial charge on any atom is 0.195 e. The molecule has 0 saturated heterocycles. The summed E-state index contributed by atoms with van der Waals surface area (Å²) in [5.41, 5.74) is 0. The summed E-state index contributed by atoms with van der Waals surface area (Å²) in [7, 11) is 0. The normalized spacial score (nSPS) is 15.1. The molecule has 1 aliphatic rings. The van der Waals surface area contributed by atoms with Crippen molar-refractivity contribution in [3.8, 4) is 0 Å². The molecule has 0 aromatic carbocycles. The Kier molecular flexibility index (Phi) is 3.30. The van der Waals surface area contributed by atoms with E-state index < -0.39 is 0 Å². The summed E-state index contributed by atoms with van der Waals surface area (Å²) in [5.74, 6) is 2.91. The van der Waals surface area contributed by atoms with Gasteiger partial charge in [-0.05, 0) is 12.5 Å². The first-order valence-electron chi connectivity index (χ1n) is 4.15. The molecule has 3 nitrogen and oxygen atoms in total. The molecule has 64 valence electrons. The summed E-state index contributed by atoms with van der Waals surface area (Å²) in [5, 5.41) is 6.99. The zero-order valence-electron chi connectivity index (χ0n) is 7.25. The third kappa shape index (κ3) is 2.07. The molecule has 0 aromatic rings. The van der Waals surface area contributed by atoms with Crippen molar-refractivity contribution in [3.63, 3.8) is 0 Å². The van der Waals surface area contributed by atoms with Crippen LogP contribution in [-0.2, 0) is 0 Å². The van der Waals surface area contributed by atoms with Crippen molar-refractivity contribution in [1.29, 1.82) is 5.41 Å². The van der Waals surface area contributed by atoms with Crippen LogP contribution in [-0.4, -0.2) is 23.5 Å². The first kappa shape index (κ1) is 8.75. The van der Waals surface area contributed by atoms with Crippen molar-refractivity contribution in [1.82, 2.24) is 4.90 Å². The lowest BCUT2D eigenvalue weighted by Gasteiger charge is -2.19. The third-order valence-corrected chi connectivity index (χ3v) is 1.69. The van der Waals surface area contributed by atoms with E-state index in [9.17, 15) is 0 Å². The summed E-state index contributed by atoms with van der Waals surface area (Å²) in [4.78, 5) is 5.96. The number of rotatable bonds is 3. The van der Waals surface area contributed by atoms with Gasteiger partial charge in [0.25, 0.3) is 0 Å². The Balaban J connectivity index is 2.57. The van der Waals surface area contributed by atoms with Crippen LogP contribution in [0.3, 0.4) is 0 Å². The fourth-order valence-corrected chi connectivity index (χ4v) is 1.01. The van der Waals surface area contributed by atoms with Crippen molar-refractivity contribution in [2.75, 3.05) is 6.54 Å².